The van der Waals surface area contributed by atoms with E-state index in [-0.39, 0.29) is 30.2 Å². The van der Waals surface area contributed by atoms with E-state index >= 15 is 0 Å². The van der Waals surface area contributed by atoms with Crippen molar-refractivity contribution in [3.05, 3.63) is 102 Å². The van der Waals surface area contributed by atoms with Crippen LogP contribution < -0.4 is 5.32 Å². The molecule has 0 aliphatic carbocycles. The maximum absolute atomic E-state index is 15.0. The molecule has 5 heterocycles. The molecule has 5 fully saturated rings. The summed E-state index contributed by atoms with van der Waals surface area (Å²) in [6.07, 6.45) is 0.128. The van der Waals surface area contributed by atoms with Gasteiger partial charge in [0.25, 0.3) is 5.91 Å². The number of methoxy groups -OCH3 is 1. The van der Waals surface area contributed by atoms with E-state index < -0.39 is 34.7 Å². The first kappa shape index (κ1) is 28.2. The smallest absolute Gasteiger partial charge is 0.308 e. The summed E-state index contributed by atoms with van der Waals surface area (Å²) >= 11 is 0. The van der Waals surface area contributed by atoms with E-state index in [1.165, 1.54) is 19.2 Å². The second kappa shape index (κ2) is 9.95. The molecule has 0 saturated carbocycles. The number of fused-ring (bicyclic) bond motifs is 4. The summed E-state index contributed by atoms with van der Waals surface area (Å²) in [5, 5.41) is 3.12. The number of nitrogens with one attached hydrogen (secondary N) is 1. The lowest BCUT2D eigenvalue weighted by Gasteiger charge is -2.58. The lowest BCUT2D eigenvalue weighted by molar-refractivity contribution is -0.364. The number of hydrogen-bond donors (Lipinski definition) is 1. The molecule has 4 bridgehead atoms. The Labute approximate surface area is 250 Å². The Hall–Kier alpha value is -3.63. The number of epoxide rings is 1. The summed E-state index contributed by atoms with van der Waals surface area (Å²) < 4.78 is 40.8. The number of anilines is 1. The summed E-state index contributed by atoms with van der Waals surface area (Å²) in [6.45, 7) is 4.53. The van der Waals surface area contributed by atoms with Crippen LogP contribution in [0, 0.1) is 11.7 Å². The van der Waals surface area contributed by atoms with Crippen LogP contribution in [-0.2, 0) is 39.9 Å². The fraction of sp³-hybridized carbons (Fsp3) is 0.412. The van der Waals surface area contributed by atoms with Crippen molar-refractivity contribution in [1.82, 2.24) is 4.90 Å². The van der Waals surface area contributed by atoms with Crippen LogP contribution in [0.1, 0.15) is 44.2 Å². The average Bonchev–Trinajstić information content (AvgIpc) is 3.68. The maximum Gasteiger partial charge on any atom is 0.308 e. The fourth-order valence-electron chi connectivity index (χ4n) is 7.99. The third-order valence-corrected chi connectivity index (χ3v) is 9.58. The molecule has 9 heteroatoms. The van der Waals surface area contributed by atoms with E-state index in [2.05, 4.69) is 10.2 Å². The van der Waals surface area contributed by atoms with Crippen LogP contribution in [0.15, 0.2) is 84.9 Å². The SMILES string of the molecule is COC(=O)CC1CC2CCN3C(c4ccc(F)cc4)(O2)C2(c4ccccc4)OC2(C(=O)Nc2ccccc2)C3(C(C)C)O1. The lowest BCUT2D eigenvalue weighted by Crippen LogP contribution is -2.71. The number of hydrogen-bond acceptors (Lipinski definition) is 7. The van der Waals surface area contributed by atoms with E-state index in [4.69, 9.17) is 18.9 Å². The van der Waals surface area contributed by atoms with E-state index in [0.29, 0.717) is 30.6 Å². The van der Waals surface area contributed by atoms with E-state index in [0.717, 1.165) is 5.56 Å². The molecule has 0 aromatic heterocycles. The molecule has 1 N–H and O–H groups in total. The molecule has 0 radical (unpaired) electrons. The largest absolute Gasteiger partial charge is 0.469 e. The van der Waals surface area contributed by atoms with Gasteiger partial charge in [-0.05, 0) is 42.2 Å². The second-order valence-corrected chi connectivity index (χ2v) is 12.1. The normalized spacial score (nSPS) is 35.5. The van der Waals surface area contributed by atoms with Crippen molar-refractivity contribution in [2.45, 2.75) is 68.0 Å². The highest BCUT2D eigenvalue weighted by Crippen LogP contribution is 2.80. The van der Waals surface area contributed by atoms with Crippen LogP contribution in [0.4, 0.5) is 10.1 Å². The first-order valence-corrected chi connectivity index (χ1v) is 14.8. The summed E-state index contributed by atoms with van der Waals surface area (Å²) in [7, 11) is 1.35. The lowest BCUT2D eigenvalue weighted by atomic mass is 9.73. The molecular weight excluding hydrogens is 551 g/mol. The summed E-state index contributed by atoms with van der Waals surface area (Å²) in [5.41, 5.74) is -3.72. The predicted molar refractivity (Wildman–Crippen MR) is 155 cm³/mol. The monoisotopic (exact) mass is 586 g/mol. The van der Waals surface area contributed by atoms with Crippen LogP contribution >= 0.6 is 0 Å². The Morgan fingerprint density at radius 2 is 1.65 bits per heavy atom. The number of halogens is 1. The van der Waals surface area contributed by atoms with Crippen molar-refractivity contribution in [2.24, 2.45) is 5.92 Å². The highest BCUT2D eigenvalue weighted by Gasteiger charge is 3.00. The summed E-state index contributed by atoms with van der Waals surface area (Å²) in [5.74, 6) is -1.49. The number of carbonyl (C=O) groups is 2. The van der Waals surface area contributed by atoms with Gasteiger partial charge in [0.2, 0.25) is 5.60 Å². The molecule has 5 saturated heterocycles. The number of carbonyl (C=O) groups excluding carboxylic acids is 2. The maximum atomic E-state index is 15.0. The van der Waals surface area contributed by atoms with Gasteiger partial charge < -0.3 is 24.3 Å². The molecule has 3 aromatic rings. The number of esters is 1. The van der Waals surface area contributed by atoms with E-state index in [9.17, 15) is 14.0 Å². The standard InChI is InChI=1S/C34H35FN2O6/c1-22(2)33-32(30(39)36-26-12-8-5-9-13-26)31(43-32,23-10-6-4-7-11-23)34(24-14-16-25(35)17-15-24)37(33)19-18-27(41-34)20-28(42-33)21-29(38)40-3/h4-17,22,27-28H,18-21H2,1-3H3,(H,36,39). The number of para-hydroxylation sites is 1. The molecule has 7 unspecified atom stereocenters. The van der Waals surface area contributed by atoms with E-state index in [1.54, 1.807) is 12.1 Å². The topological polar surface area (TPSA) is 89.6 Å². The Kier molecular flexibility index (Phi) is 6.52. The first-order chi connectivity index (χ1) is 20.7. The van der Waals surface area contributed by atoms with Crippen molar-refractivity contribution in [2.75, 3.05) is 19.0 Å². The number of nitrogens with zero attached hydrogens (tertiary/aromatic N) is 1. The van der Waals surface area contributed by atoms with Crippen molar-refractivity contribution >= 4 is 17.6 Å². The van der Waals surface area contributed by atoms with Gasteiger partial charge in [0.1, 0.15) is 5.82 Å². The highest BCUT2D eigenvalue weighted by atomic mass is 19.1. The molecule has 3 aromatic carbocycles. The number of rotatable bonds is 7. The van der Waals surface area contributed by atoms with Crippen molar-refractivity contribution in [3.63, 3.8) is 0 Å². The van der Waals surface area contributed by atoms with Gasteiger partial charge in [0.05, 0.1) is 25.7 Å². The Balaban J connectivity index is 1.53. The first-order valence-electron chi connectivity index (χ1n) is 14.8. The van der Waals surface area contributed by atoms with Crippen LogP contribution in [0.25, 0.3) is 0 Å². The van der Waals surface area contributed by atoms with Crippen LogP contribution in [-0.4, -0.2) is 54.0 Å². The van der Waals surface area contributed by atoms with Gasteiger partial charge in [-0.1, -0.05) is 74.5 Å². The van der Waals surface area contributed by atoms with E-state index in [1.807, 2.05) is 74.5 Å². The van der Waals surface area contributed by atoms with Gasteiger partial charge >= 0.3 is 5.97 Å². The van der Waals surface area contributed by atoms with Gasteiger partial charge in [-0.2, -0.15) is 0 Å². The number of amides is 1. The number of benzene rings is 3. The Bertz CT molecular complexity index is 1540. The van der Waals surface area contributed by atoms with Gasteiger partial charge in [0.15, 0.2) is 17.1 Å². The Morgan fingerprint density at radius 1 is 0.977 bits per heavy atom. The van der Waals surface area contributed by atoms with Crippen molar-refractivity contribution < 1.29 is 32.9 Å². The molecule has 8 nitrogen and oxygen atoms in total. The second-order valence-electron chi connectivity index (χ2n) is 12.1. The molecule has 224 valence electrons. The number of morpholine rings is 1. The quantitative estimate of drug-likeness (QED) is 0.305. The van der Waals surface area contributed by atoms with Gasteiger partial charge in [0, 0.05) is 24.2 Å². The zero-order valence-electron chi connectivity index (χ0n) is 24.4. The van der Waals surface area contributed by atoms with Crippen LogP contribution in [0.5, 0.6) is 0 Å². The minimum absolute atomic E-state index is 0.00304. The minimum Gasteiger partial charge on any atom is -0.469 e. The third-order valence-electron chi connectivity index (χ3n) is 9.58. The molecule has 43 heavy (non-hydrogen) atoms. The highest BCUT2D eigenvalue weighted by molar-refractivity contribution is 6.03. The zero-order valence-corrected chi connectivity index (χ0v) is 24.4. The molecule has 5 aliphatic rings. The zero-order chi connectivity index (χ0) is 30.0. The predicted octanol–water partition coefficient (Wildman–Crippen LogP) is 5.09. The van der Waals surface area contributed by atoms with Gasteiger partial charge in [-0.3, -0.25) is 9.59 Å². The summed E-state index contributed by atoms with van der Waals surface area (Å²) in [4.78, 5) is 29.7. The molecule has 5 aliphatic heterocycles. The van der Waals surface area contributed by atoms with Crippen LogP contribution in [0.3, 0.4) is 0 Å². The van der Waals surface area contributed by atoms with Gasteiger partial charge in [-0.25, -0.2) is 9.29 Å². The molecule has 8 rings (SSSR count). The Morgan fingerprint density at radius 3 is 2.30 bits per heavy atom. The van der Waals surface area contributed by atoms with Crippen LogP contribution in [0.2, 0.25) is 0 Å². The third kappa shape index (κ3) is 3.62. The molecule has 1 amide bonds. The molecule has 7 atom stereocenters. The number of ether oxygens (including phenoxy) is 4. The van der Waals surface area contributed by atoms with Crippen molar-refractivity contribution in [3.8, 4) is 0 Å². The molecular formula is C34H35FN2O6. The molecule has 0 spiro atoms. The van der Waals surface area contributed by atoms with Gasteiger partial charge in [-0.15, -0.1) is 0 Å². The fourth-order valence-corrected chi connectivity index (χ4v) is 7.99. The minimum atomic E-state index is -1.62. The van der Waals surface area contributed by atoms with Crippen molar-refractivity contribution in [1.29, 1.82) is 0 Å². The summed E-state index contributed by atoms with van der Waals surface area (Å²) in [6, 6.07) is 25.1. The average molecular weight is 587 g/mol.